The minimum atomic E-state index is 0.348. The molecule has 118 valence electrons. The summed E-state index contributed by atoms with van der Waals surface area (Å²) in [5.74, 6) is 2.95. The van der Waals surface area contributed by atoms with Gasteiger partial charge in [0.15, 0.2) is 0 Å². The molecule has 2 aliphatic carbocycles. The van der Waals surface area contributed by atoms with E-state index in [0.29, 0.717) is 5.92 Å². The first-order chi connectivity index (χ1) is 10.3. The van der Waals surface area contributed by atoms with Crippen LogP contribution in [0.15, 0.2) is 12.3 Å². The van der Waals surface area contributed by atoms with E-state index >= 15 is 0 Å². The van der Waals surface area contributed by atoms with Crippen molar-refractivity contribution in [2.45, 2.75) is 71.1 Å². The van der Waals surface area contributed by atoms with Gasteiger partial charge in [-0.05, 0) is 81.6 Å². The van der Waals surface area contributed by atoms with E-state index in [0.717, 1.165) is 43.6 Å². The quantitative estimate of drug-likeness (QED) is 0.609. The van der Waals surface area contributed by atoms with Gasteiger partial charge in [0.1, 0.15) is 0 Å². The molecular formula is C19H31NO. The van der Waals surface area contributed by atoms with Gasteiger partial charge in [-0.2, -0.15) is 5.26 Å². The summed E-state index contributed by atoms with van der Waals surface area (Å²) in [5, 5.41) is 8.99. The molecule has 0 radical (unpaired) electrons. The standard InChI is InChI=1S/C19H31NO/c1-2-3-4-13-21-15-17-7-11-19(12-8-17)18-9-5-16(14-20)6-10-18/h4,13,16-19H,2-3,5-12,15H2,1H3/b13-4-/t16-,17?,18-,19?. The van der Waals surface area contributed by atoms with Crippen LogP contribution < -0.4 is 0 Å². The lowest BCUT2D eigenvalue weighted by molar-refractivity contribution is 0.113. The first-order valence-electron chi connectivity index (χ1n) is 8.99. The third-order valence-corrected chi connectivity index (χ3v) is 5.49. The fraction of sp³-hybridized carbons (Fsp3) is 0.842. The van der Waals surface area contributed by atoms with Gasteiger partial charge in [-0.3, -0.25) is 0 Å². The highest BCUT2D eigenvalue weighted by molar-refractivity contribution is 4.89. The summed E-state index contributed by atoms with van der Waals surface area (Å²) in [6.45, 7) is 3.10. The number of nitrogens with zero attached hydrogens (tertiary/aromatic N) is 1. The molecule has 2 nitrogen and oxygen atoms in total. The van der Waals surface area contributed by atoms with Crippen molar-refractivity contribution >= 4 is 0 Å². The average molecular weight is 289 g/mol. The van der Waals surface area contributed by atoms with Crippen LogP contribution in [0, 0.1) is 35.0 Å². The van der Waals surface area contributed by atoms with E-state index in [-0.39, 0.29) is 0 Å². The molecule has 0 amide bonds. The highest BCUT2D eigenvalue weighted by atomic mass is 16.5. The van der Waals surface area contributed by atoms with Crippen molar-refractivity contribution in [3.63, 3.8) is 0 Å². The van der Waals surface area contributed by atoms with Crippen LogP contribution >= 0.6 is 0 Å². The third-order valence-electron chi connectivity index (χ3n) is 5.49. The molecule has 0 bridgehead atoms. The van der Waals surface area contributed by atoms with Crippen molar-refractivity contribution in [3.05, 3.63) is 12.3 Å². The van der Waals surface area contributed by atoms with Gasteiger partial charge < -0.3 is 4.74 Å². The SMILES string of the molecule is CCC/C=C\OCC1CCC([C@H]2CC[C@H](C#N)CC2)CC1. The number of ether oxygens (including phenoxy) is 1. The fourth-order valence-electron chi connectivity index (χ4n) is 4.04. The second kappa shape index (κ2) is 9.13. The third kappa shape index (κ3) is 5.38. The van der Waals surface area contributed by atoms with Gasteiger partial charge in [0.25, 0.3) is 0 Å². The summed E-state index contributed by atoms with van der Waals surface area (Å²) in [5.41, 5.74) is 0. The molecule has 2 saturated carbocycles. The lowest BCUT2D eigenvalue weighted by Gasteiger charge is -2.36. The van der Waals surface area contributed by atoms with Crippen molar-refractivity contribution in [3.8, 4) is 6.07 Å². The smallest absolute Gasteiger partial charge is 0.0901 e. The van der Waals surface area contributed by atoms with Crippen molar-refractivity contribution in [1.82, 2.24) is 0 Å². The second-order valence-electron chi connectivity index (χ2n) is 7.02. The van der Waals surface area contributed by atoms with Crippen LogP contribution in [0.1, 0.15) is 71.1 Å². The fourth-order valence-corrected chi connectivity index (χ4v) is 4.04. The molecule has 2 fully saturated rings. The predicted molar refractivity (Wildman–Crippen MR) is 86.5 cm³/mol. The Balaban J connectivity index is 1.61. The topological polar surface area (TPSA) is 33.0 Å². The van der Waals surface area contributed by atoms with E-state index in [1.54, 1.807) is 0 Å². The molecule has 0 saturated heterocycles. The van der Waals surface area contributed by atoms with E-state index in [2.05, 4.69) is 19.1 Å². The minimum Gasteiger partial charge on any atom is -0.501 e. The maximum Gasteiger partial charge on any atom is 0.0901 e. The Morgan fingerprint density at radius 3 is 2.19 bits per heavy atom. The van der Waals surface area contributed by atoms with Gasteiger partial charge in [0.05, 0.1) is 18.9 Å². The molecule has 0 aromatic rings. The number of nitriles is 1. The number of allylic oxidation sites excluding steroid dienone is 1. The number of hydrogen-bond donors (Lipinski definition) is 0. The second-order valence-corrected chi connectivity index (χ2v) is 7.02. The largest absolute Gasteiger partial charge is 0.501 e. The molecule has 21 heavy (non-hydrogen) atoms. The van der Waals surface area contributed by atoms with Crippen LogP contribution in [0.25, 0.3) is 0 Å². The molecule has 0 aromatic carbocycles. The summed E-state index contributed by atoms with van der Waals surface area (Å²) in [4.78, 5) is 0. The first kappa shape index (κ1) is 16.4. The molecule has 0 aromatic heterocycles. The van der Waals surface area contributed by atoms with Crippen LogP contribution in [0.4, 0.5) is 0 Å². The first-order valence-corrected chi connectivity index (χ1v) is 8.99. The molecule has 0 unspecified atom stereocenters. The molecule has 2 rings (SSSR count). The lowest BCUT2D eigenvalue weighted by atomic mass is 9.69. The summed E-state index contributed by atoms with van der Waals surface area (Å²) in [6, 6.07) is 2.45. The van der Waals surface area contributed by atoms with Crippen LogP contribution in [0.5, 0.6) is 0 Å². The Morgan fingerprint density at radius 1 is 1.00 bits per heavy atom. The summed E-state index contributed by atoms with van der Waals surface area (Å²) in [6.07, 6.45) is 16.7. The molecule has 2 heteroatoms. The van der Waals surface area contributed by atoms with E-state index in [1.165, 1.54) is 44.9 Å². The van der Waals surface area contributed by atoms with E-state index in [4.69, 9.17) is 10.00 Å². The van der Waals surface area contributed by atoms with Crippen molar-refractivity contribution in [2.75, 3.05) is 6.61 Å². The highest BCUT2D eigenvalue weighted by Crippen LogP contribution is 2.41. The molecule has 0 heterocycles. The van der Waals surface area contributed by atoms with Gasteiger partial charge >= 0.3 is 0 Å². The van der Waals surface area contributed by atoms with Crippen LogP contribution in [-0.4, -0.2) is 6.61 Å². The molecule has 0 N–H and O–H groups in total. The number of hydrogen-bond acceptors (Lipinski definition) is 2. The van der Waals surface area contributed by atoms with Gasteiger partial charge in [0, 0.05) is 5.92 Å². The molecule has 2 aliphatic rings. The Morgan fingerprint density at radius 2 is 1.62 bits per heavy atom. The van der Waals surface area contributed by atoms with Gasteiger partial charge in [-0.1, -0.05) is 13.3 Å². The predicted octanol–water partition coefficient (Wildman–Crippen LogP) is 5.45. The molecule has 0 atom stereocenters. The van der Waals surface area contributed by atoms with E-state index in [9.17, 15) is 0 Å². The zero-order valence-electron chi connectivity index (χ0n) is 13.6. The van der Waals surface area contributed by atoms with Crippen molar-refractivity contribution < 1.29 is 4.74 Å². The highest BCUT2D eigenvalue weighted by Gasteiger charge is 2.30. The van der Waals surface area contributed by atoms with Gasteiger partial charge in [-0.25, -0.2) is 0 Å². The summed E-state index contributed by atoms with van der Waals surface area (Å²) >= 11 is 0. The van der Waals surface area contributed by atoms with E-state index < -0.39 is 0 Å². The Bertz CT molecular complexity index is 341. The van der Waals surface area contributed by atoms with E-state index in [1.807, 2.05) is 6.26 Å². The molecular weight excluding hydrogens is 258 g/mol. The minimum absolute atomic E-state index is 0.348. The Labute approximate surface area is 130 Å². The lowest BCUT2D eigenvalue weighted by Crippen LogP contribution is -2.26. The van der Waals surface area contributed by atoms with Crippen molar-refractivity contribution in [1.29, 1.82) is 5.26 Å². The Kier molecular flexibility index (Phi) is 7.13. The van der Waals surface area contributed by atoms with Crippen LogP contribution in [0.2, 0.25) is 0 Å². The van der Waals surface area contributed by atoms with Crippen molar-refractivity contribution in [2.24, 2.45) is 23.7 Å². The van der Waals surface area contributed by atoms with Gasteiger partial charge in [0.2, 0.25) is 0 Å². The number of unbranched alkanes of at least 4 members (excludes halogenated alkanes) is 1. The zero-order chi connectivity index (χ0) is 14.9. The summed E-state index contributed by atoms with van der Waals surface area (Å²) < 4.78 is 5.67. The average Bonchev–Trinajstić information content (AvgIpc) is 2.55. The van der Waals surface area contributed by atoms with Crippen LogP contribution in [0.3, 0.4) is 0 Å². The molecule has 0 aliphatic heterocycles. The normalized spacial score (nSPS) is 33.7. The number of rotatable bonds is 6. The monoisotopic (exact) mass is 289 g/mol. The Hall–Kier alpha value is -0.970. The van der Waals surface area contributed by atoms with Crippen LogP contribution in [-0.2, 0) is 4.74 Å². The maximum absolute atomic E-state index is 8.99. The maximum atomic E-state index is 8.99. The van der Waals surface area contributed by atoms with Gasteiger partial charge in [-0.15, -0.1) is 0 Å². The zero-order valence-corrected chi connectivity index (χ0v) is 13.6. The molecule has 0 spiro atoms. The summed E-state index contributed by atoms with van der Waals surface area (Å²) in [7, 11) is 0.